The van der Waals surface area contributed by atoms with Crippen LogP contribution in [0.25, 0.3) is 0 Å². The molecule has 170 valence electrons. The lowest BCUT2D eigenvalue weighted by molar-refractivity contribution is -0.143. The van der Waals surface area contributed by atoms with Crippen molar-refractivity contribution in [3.05, 3.63) is 29.3 Å². The minimum atomic E-state index is -0.0983. The zero-order valence-electron chi connectivity index (χ0n) is 19.1. The average molecular weight is 422 g/mol. The Labute approximate surface area is 181 Å². The highest BCUT2D eigenvalue weighted by molar-refractivity contribution is 5.79. The molecule has 0 spiro atoms. The summed E-state index contributed by atoms with van der Waals surface area (Å²) in [5.74, 6) is 1.56. The number of carbonyl (C=O) groups excluding carboxylic acids is 1. The van der Waals surface area contributed by atoms with Crippen molar-refractivity contribution in [3.63, 3.8) is 0 Å². The second-order valence-electron chi connectivity index (χ2n) is 7.04. The van der Waals surface area contributed by atoms with Gasteiger partial charge in [0, 0.05) is 32.2 Å². The summed E-state index contributed by atoms with van der Waals surface area (Å²) >= 11 is 0. The van der Waals surface area contributed by atoms with Crippen LogP contribution in [0.2, 0.25) is 0 Å². The third-order valence-electron chi connectivity index (χ3n) is 4.42. The molecule has 0 aliphatic carbocycles. The molecule has 1 rings (SSSR count). The van der Waals surface area contributed by atoms with E-state index in [2.05, 4.69) is 36.6 Å². The van der Waals surface area contributed by atoms with Crippen LogP contribution in [0.3, 0.4) is 0 Å². The maximum atomic E-state index is 11.3. The Morgan fingerprint density at radius 2 is 1.87 bits per heavy atom. The van der Waals surface area contributed by atoms with E-state index in [4.69, 9.17) is 19.2 Å². The fourth-order valence-corrected chi connectivity index (χ4v) is 2.86. The van der Waals surface area contributed by atoms with Crippen LogP contribution >= 0.6 is 0 Å². The van der Waals surface area contributed by atoms with Gasteiger partial charge in [0.05, 0.1) is 19.8 Å². The predicted octanol–water partition coefficient (Wildman–Crippen LogP) is 3.59. The van der Waals surface area contributed by atoms with Gasteiger partial charge >= 0.3 is 5.97 Å². The number of rotatable bonds is 15. The number of ether oxygens (including phenoxy) is 3. The number of guanidine groups is 1. The Morgan fingerprint density at radius 3 is 2.60 bits per heavy atom. The molecule has 0 unspecified atom stereocenters. The molecule has 0 saturated heterocycles. The molecule has 7 nitrogen and oxygen atoms in total. The van der Waals surface area contributed by atoms with Crippen LogP contribution in [0, 0.1) is 6.92 Å². The number of esters is 1. The zero-order valence-corrected chi connectivity index (χ0v) is 19.1. The van der Waals surface area contributed by atoms with Crippen LogP contribution in [0.15, 0.2) is 23.2 Å². The molecule has 0 aromatic heterocycles. The molecule has 0 heterocycles. The Hall–Kier alpha value is -2.28. The molecule has 7 heteroatoms. The highest BCUT2D eigenvalue weighted by atomic mass is 16.5. The molecule has 0 saturated carbocycles. The lowest BCUT2D eigenvalue weighted by Crippen LogP contribution is -2.37. The van der Waals surface area contributed by atoms with E-state index in [-0.39, 0.29) is 5.97 Å². The average Bonchev–Trinajstić information content (AvgIpc) is 2.72. The van der Waals surface area contributed by atoms with E-state index in [0.717, 1.165) is 61.6 Å². The summed E-state index contributed by atoms with van der Waals surface area (Å²) in [7, 11) is 1.67. The van der Waals surface area contributed by atoms with Gasteiger partial charge in [-0.2, -0.15) is 0 Å². The SMILES string of the molecule is CCNC(=NCc1ccc(C)cc1OCCOC)NCCCCCCC(=O)OCC. The molecule has 0 radical (unpaired) electrons. The number of aliphatic imine (C=N–C) groups is 1. The van der Waals surface area contributed by atoms with Gasteiger partial charge in [-0.15, -0.1) is 0 Å². The number of aryl methyl sites for hydroxylation is 1. The Kier molecular flexibility index (Phi) is 14.2. The molecule has 0 aliphatic rings. The van der Waals surface area contributed by atoms with Crippen LogP contribution in [0.4, 0.5) is 0 Å². The lowest BCUT2D eigenvalue weighted by atomic mass is 10.1. The first-order valence-corrected chi connectivity index (χ1v) is 11.0. The Bertz CT molecular complexity index is 635. The van der Waals surface area contributed by atoms with Gasteiger partial charge in [0.25, 0.3) is 0 Å². The smallest absolute Gasteiger partial charge is 0.305 e. The number of hydrogen-bond acceptors (Lipinski definition) is 5. The van der Waals surface area contributed by atoms with Gasteiger partial charge in [0.15, 0.2) is 5.96 Å². The number of benzene rings is 1. The van der Waals surface area contributed by atoms with E-state index in [1.807, 2.05) is 13.0 Å². The van der Waals surface area contributed by atoms with Crippen LogP contribution in [-0.2, 0) is 20.8 Å². The summed E-state index contributed by atoms with van der Waals surface area (Å²) in [5, 5.41) is 6.66. The van der Waals surface area contributed by atoms with Crippen LogP contribution < -0.4 is 15.4 Å². The third kappa shape index (κ3) is 11.7. The van der Waals surface area contributed by atoms with Gasteiger partial charge in [-0.1, -0.05) is 25.0 Å². The summed E-state index contributed by atoms with van der Waals surface area (Å²) in [4.78, 5) is 16.0. The molecule has 2 N–H and O–H groups in total. The van der Waals surface area contributed by atoms with Gasteiger partial charge < -0.3 is 24.8 Å². The van der Waals surface area contributed by atoms with E-state index in [0.29, 0.717) is 32.8 Å². The van der Waals surface area contributed by atoms with Gasteiger partial charge in [-0.25, -0.2) is 4.99 Å². The van der Waals surface area contributed by atoms with E-state index >= 15 is 0 Å². The third-order valence-corrected chi connectivity index (χ3v) is 4.42. The molecule has 1 aromatic rings. The fraction of sp³-hybridized carbons (Fsp3) is 0.652. The van der Waals surface area contributed by atoms with Crippen molar-refractivity contribution in [3.8, 4) is 5.75 Å². The maximum Gasteiger partial charge on any atom is 0.305 e. The number of nitrogens with zero attached hydrogens (tertiary/aromatic N) is 1. The van der Waals surface area contributed by atoms with Crippen molar-refractivity contribution in [1.29, 1.82) is 0 Å². The molecule has 0 aliphatic heterocycles. The van der Waals surface area contributed by atoms with Crippen LogP contribution in [0.5, 0.6) is 5.75 Å². The normalized spacial score (nSPS) is 11.3. The number of methoxy groups -OCH3 is 1. The number of unbranched alkanes of at least 4 members (excludes halogenated alkanes) is 3. The molecule has 0 bridgehead atoms. The second-order valence-corrected chi connectivity index (χ2v) is 7.04. The Balaban J connectivity index is 2.44. The zero-order chi connectivity index (χ0) is 22.0. The summed E-state index contributed by atoms with van der Waals surface area (Å²) < 4.78 is 15.9. The van der Waals surface area contributed by atoms with Gasteiger partial charge in [-0.3, -0.25) is 4.79 Å². The van der Waals surface area contributed by atoms with E-state index in [9.17, 15) is 4.79 Å². The predicted molar refractivity (Wildman–Crippen MR) is 121 cm³/mol. The molecular formula is C23H39N3O4. The topological polar surface area (TPSA) is 81.2 Å². The largest absolute Gasteiger partial charge is 0.491 e. The molecule has 0 atom stereocenters. The highest BCUT2D eigenvalue weighted by Gasteiger charge is 2.06. The van der Waals surface area contributed by atoms with Crippen molar-refractivity contribution in [2.24, 2.45) is 4.99 Å². The monoisotopic (exact) mass is 421 g/mol. The Morgan fingerprint density at radius 1 is 1.07 bits per heavy atom. The summed E-state index contributed by atoms with van der Waals surface area (Å²) in [6, 6.07) is 6.18. The van der Waals surface area contributed by atoms with Gasteiger partial charge in [-0.05, 0) is 45.2 Å². The first-order chi connectivity index (χ1) is 14.6. The first-order valence-electron chi connectivity index (χ1n) is 11.0. The van der Waals surface area contributed by atoms with Crippen LogP contribution in [-0.4, -0.2) is 51.9 Å². The lowest BCUT2D eigenvalue weighted by Gasteiger charge is -2.13. The molecule has 0 amide bonds. The summed E-state index contributed by atoms with van der Waals surface area (Å²) in [6.07, 6.45) is 4.52. The number of nitrogens with one attached hydrogen (secondary N) is 2. The molecular weight excluding hydrogens is 382 g/mol. The van der Waals surface area contributed by atoms with Crippen molar-refractivity contribution in [1.82, 2.24) is 10.6 Å². The van der Waals surface area contributed by atoms with Gasteiger partial charge in [0.1, 0.15) is 12.4 Å². The summed E-state index contributed by atoms with van der Waals surface area (Å²) in [5.41, 5.74) is 2.20. The van der Waals surface area contributed by atoms with Crippen molar-refractivity contribution < 1.29 is 19.0 Å². The second kappa shape index (κ2) is 16.5. The van der Waals surface area contributed by atoms with Gasteiger partial charge in [0.2, 0.25) is 0 Å². The molecule has 30 heavy (non-hydrogen) atoms. The van der Waals surface area contributed by atoms with Crippen LogP contribution in [0.1, 0.15) is 57.1 Å². The fourth-order valence-electron chi connectivity index (χ4n) is 2.86. The highest BCUT2D eigenvalue weighted by Crippen LogP contribution is 2.21. The molecule has 0 fully saturated rings. The quantitative estimate of drug-likeness (QED) is 0.195. The number of carbonyl (C=O) groups is 1. The van der Waals surface area contributed by atoms with E-state index in [1.54, 1.807) is 7.11 Å². The van der Waals surface area contributed by atoms with Crippen molar-refractivity contribution >= 4 is 11.9 Å². The van der Waals surface area contributed by atoms with Crippen molar-refractivity contribution in [2.45, 2.75) is 59.4 Å². The number of hydrogen-bond donors (Lipinski definition) is 2. The van der Waals surface area contributed by atoms with E-state index in [1.165, 1.54) is 0 Å². The minimum absolute atomic E-state index is 0.0983. The van der Waals surface area contributed by atoms with E-state index < -0.39 is 0 Å². The first kappa shape index (κ1) is 25.8. The summed E-state index contributed by atoms with van der Waals surface area (Å²) in [6.45, 7) is 9.65. The minimum Gasteiger partial charge on any atom is -0.491 e. The van der Waals surface area contributed by atoms with Crippen molar-refractivity contribution in [2.75, 3.05) is 40.0 Å². The maximum absolute atomic E-state index is 11.3. The molecule has 1 aromatic carbocycles. The standard InChI is InChI=1S/C23H39N3O4/c1-5-24-23(25-14-10-8-7-9-11-22(27)29-6-2)26-18-20-13-12-19(3)17-21(20)30-16-15-28-4/h12-13,17H,5-11,14-16,18H2,1-4H3,(H2,24,25,26).